The average molecular weight is 332 g/mol. The van der Waals surface area contributed by atoms with Crippen LogP contribution in [0.25, 0.3) is 0 Å². The van der Waals surface area contributed by atoms with E-state index in [2.05, 4.69) is 18.1 Å². The largest absolute Gasteiger partial charge is 0.497 e. The normalized spacial score (nSPS) is 21.2. The molecule has 1 aliphatic heterocycles. The summed E-state index contributed by atoms with van der Waals surface area (Å²) in [5.41, 5.74) is 1.00. The van der Waals surface area contributed by atoms with Gasteiger partial charge in [0, 0.05) is 43.3 Å². The Morgan fingerprint density at radius 3 is 2.33 bits per heavy atom. The molecule has 2 atom stereocenters. The quantitative estimate of drug-likeness (QED) is 0.812. The first-order valence-electron chi connectivity index (χ1n) is 7.73. The minimum Gasteiger partial charge on any atom is -0.497 e. The van der Waals surface area contributed by atoms with E-state index in [1.165, 1.54) is 4.90 Å². The molecule has 0 aromatic heterocycles. The zero-order valence-corrected chi connectivity index (χ0v) is 14.1. The van der Waals surface area contributed by atoms with Crippen molar-refractivity contribution in [2.24, 2.45) is 0 Å². The Balaban J connectivity index is 2.27. The van der Waals surface area contributed by atoms with Crippen LogP contribution in [0.1, 0.15) is 5.56 Å². The predicted molar refractivity (Wildman–Crippen MR) is 92.7 cm³/mol. The van der Waals surface area contributed by atoms with Crippen molar-refractivity contribution >= 4 is 6.09 Å². The first-order chi connectivity index (χ1) is 11.5. The number of ether oxygens (including phenoxy) is 2. The van der Waals surface area contributed by atoms with Gasteiger partial charge in [0.15, 0.2) is 0 Å². The van der Waals surface area contributed by atoms with Gasteiger partial charge in [0.1, 0.15) is 11.5 Å². The van der Waals surface area contributed by atoms with Crippen molar-refractivity contribution in [3.8, 4) is 11.5 Å². The molecule has 6 nitrogen and oxygen atoms in total. The van der Waals surface area contributed by atoms with Crippen LogP contribution in [-0.4, -0.2) is 60.4 Å². The van der Waals surface area contributed by atoms with Crippen LogP contribution in [0.4, 0.5) is 4.79 Å². The standard InChI is InChI=1S/C18H24N2O4/c1-5-14-11-19(18(21)22)12-15(6-2)20(14)10-13-7-8-16(23-3)9-17(13)24-4/h5-9,14-15H,1-2,10-12H2,3-4H3,(H,21,22)/t14-,15+. The van der Waals surface area contributed by atoms with Gasteiger partial charge in [-0.05, 0) is 6.07 Å². The number of hydrogen-bond donors (Lipinski definition) is 1. The highest BCUT2D eigenvalue weighted by Gasteiger charge is 2.33. The van der Waals surface area contributed by atoms with E-state index in [-0.39, 0.29) is 12.1 Å². The smallest absolute Gasteiger partial charge is 0.407 e. The zero-order chi connectivity index (χ0) is 17.7. The molecule has 0 aliphatic carbocycles. The van der Waals surface area contributed by atoms with Gasteiger partial charge in [-0.2, -0.15) is 0 Å². The van der Waals surface area contributed by atoms with Crippen LogP contribution in [0, 0.1) is 0 Å². The Hall–Kier alpha value is -2.47. The van der Waals surface area contributed by atoms with Crippen LogP contribution < -0.4 is 9.47 Å². The van der Waals surface area contributed by atoms with Gasteiger partial charge < -0.3 is 19.5 Å². The van der Waals surface area contributed by atoms with Gasteiger partial charge in [0.25, 0.3) is 0 Å². The number of nitrogens with zero attached hydrogens (tertiary/aromatic N) is 2. The maximum atomic E-state index is 11.3. The van der Waals surface area contributed by atoms with Crippen LogP contribution in [0.2, 0.25) is 0 Å². The fourth-order valence-corrected chi connectivity index (χ4v) is 2.97. The molecule has 6 heteroatoms. The molecule has 2 rings (SSSR count). The summed E-state index contributed by atoms with van der Waals surface area (Å²) in [5.74, 6) is 1.47. The molecule has 0 bridgehead atoms. The summed E-state index contributed by atoms with van der Waals surface area (Å²) in [6, 6.07) is 5.50. The molecule has 1 fully saturated rings. The van der Waals surface area contributed by atoms with Gasteiger partial charge in [-0.1, -0.05) is 18.2 Å². The summed E-state index contributed by atoms with van der Waals surface area (Å²) in [6.07, 6.45) is 2.64. The van der Waals surface area contributed by atoms with Crippen molar-refractivity contribution in [3.63, 3.8) is 0 Å². The average Bonchev–Trinajstić information content (AvgIpc) is 2.61. The fraction of sp³-hybridized carbons (Fsp3) is 0.389. The number of rotatable bonds is 6. The number of amides is 1. The summed E-state index contributed by atoms with van der Waals surface area (Å²) >= 11 is 0. The highest BCUT2D eigenvalue weighted by molar-refractivity contribution is 5.65. The summed E-state index contributed by atoms with van der Waals surface area (Å²) in [6.45, 7) is 9.11. The number of benzene rings is 1. The van der Waals surface area contributed by atoms with Gasteiger partial charge in [-0.25, -0.2) is 4.79 Å². The van der Waals surface area contributed by atoms with Gasteiger partial charge in [-0.3, -0.25) is 4.90 Å². The van der Waals surface area contributed by atoms with E-state index in [0.29, 0.717) is 19.6 Å². The van der Waals surface area contributed by atoms with Crippen LogP contribution >= 0.6 is 0 Å². The molecule has 130 valence electrons. The molecule has 1 saturated heterocycles. The third-order valence-electron chi connectivity index (χ3n) is 4.33. The molecule has 1 aromatic rings. The first kappa shape index (κ1) is 17.9. The monoisotopic (exact) mass is 332 g/mol. The van der Waals surface area contributed by atoms with Crippen molar-refractivity contribution in [3.05, 3.63) is 49.1 Å². The number of methoxy groups -OCH3 is 2. The highest BCUT2D eigenvalue weighted by Crippen LogP contribution is 2.28. The lowest BCUT2D eigenvalue weighted by Gasteiger charge is -2.44. The number of carbonyl (C=O) groups is 1. The van der Waals surface area contributed by atoms with Crippen molar-refractivity contribution < 1.29 is 19.4 Å². The summed E-state index contributed by atoms with van der Waals surface area (Å²) < 4.78 is 10.7. The van der Waals surface area contributed by atoms with E-state index in [9.17, 15) is 9.90 Å². The predicted octanol–water partition coefficient (Wildman–Crippen LogP) is 2.61. The van der Waals surface area contributed by atoms with Crippen molar-refractivity contribution in [2.75, 3.05) is 27.3 Å². The van der Waals surface area contributed by atoms with Crippen LogP contribution in [0.5, 0.6) is 11.5 Å². The van der Waals surface area contributed by atoms with Crippen molar-refractivity contribution in [1.29, 1.82) is 0 Å². The number of piperazine rings is 1. The number of hydrogen-bond acceptors (Lipinski definition) is 4. The molecule has 1 aliphatic rings. The van der Waals surface area contributed by atoms with Gasteiger partial charge in [0.05, 0.1) is 14.2 Å². The molecule has 1 N–H and O–H groups in total. The first-order valence-corrected chi connectivity index (χ1v) is 7.73. The molecule has 24 heavy (non-hydrogen) atoms. The molecule has 1 heterocycles. The van der Waals surface area contributed by atoms with Crippen molar-refractivity contribution in [1.82, 2.24) is 9.80 Å². The Kier molecular flexibility index (Phi) is 5.87. The summed E-state index contributed by atoms with van der Waals surface area (Å²) in [4.78, 5) is 14.9. The minimum atomic E-state index is -0.921. The van der Waals surface area contributed by atoms with E-state index in [1.54, 1.807) is 26.4 Å². The third-order valence-corrected chi connectivity index (χ3v) is 4.33. The van der Waals surface area contributed by atoms with E-state index >= 15 is 0 Å². The maximum Gasteiger partial charge on any atom is 0.407 e. The lowest BCUT2D eigenvalue weighted by molar-refractivity contribution is 0.0558. The highest BCUT2D eigenvalue weighted by atomic mass is 16.5. The van der Waals surface area contributed by atoms with E-state index in [0.717, 1.165) is 17.1 Å². The Labute approximate surface area is 142 Å². The van der Waals surface area contributed by atoms with Gasteiger partial charge in [-0.15, -0.1) is 13.2 Å². The summed E-state index contributed by atoms with van der Waals surface area (Å²) in [5, 5.41) is 9.29. The summed E-state index contributed by atoms with van der Waals surface area (Å²) in [7, 11) is 3.23. The van der Waals surface area contributed by atoms with E-state index in [1.807, 2.05) is 18.2 Å². The zero-order valence-electron chi connectivity index (χ0n) is 14.1. The molecular formula is C18H24N2O4. The minimum absolute atomic E-state index is 0.0929. The van der Waals surface area contributed by atoms with Crippen LogP contribution in [-0.2, 0) is 6.54 Å². The second kappa shape index (κ2) is 7.88. The lowest BCUT2D eigenvalue weighted by atomic mass is 10.0. The fourth-order valence-electron chi connectivity index (χ4n) is 2.97. The van der Waals surface area contributed by atoms with Gasteiger partial charge >= 0.3 is 6.09 Å². The topological polar surface area (TPSA) is 62.2 Å². The van der Waals surface area contributed by atoms with E-state index < -0.39 is 6.09 Å². The Bertz CT molecular complexity index is 599. The second-order valence-corrected chi connectivity index (χ2v) is 5.64. The SMILES string of the molecule is C=C[C@@H]1CN(C(=O)O)C[C@H](C=C)N1Cc1ccc(OC)cc1OC. The van der Waals surface area contributed by atoms with Crippen LogP contribution in [0.15, 0.2) is 43.5 Å². The molecule has 0 unspecified atom stereocenters. The third kappa shape index (κ3) is 3.71. The molecule has 0 radical (unpaired) electrons. The lowest BCUT2D eigenvalue weighted by Crippen LogP contribution is -2.58. The molecule has 1 amide bonds. The molecule has 0 saturated carbocycles. The molecule has 0 spiro atoms. The van der Waals surface area contributed by atoms with E-state index in [4.69, 9.17) is 9.47 Å². The molecular weight excluding hydrogens is 308 g/mol. The van der Waals surface area contributed by atoms with Gasteiger partial charge in [0.2, 0.25) is 0 Å². The second-order valence-electron chi connectivity index (χ2n) is 5.64. The van der Waals surface area contributed by atoms with Crippen LogP contribution in [0.3, 0.4) is 0 Å². The molecule has 1 aromatic carbocycles. The number of carboxylic acid groups (broad SMARTS) is 1. The maximum absolute atomic E-state index is 11.3. The Morgan fingerprint density at radius 1 is 1.25 bits per heavy atom. The van der Waals surface area contributed by atoms with Crippen molar-refractivity contribution in [2.45, 2.75) is 18.6 Å². The Morgan fingerprint density at radius 2 is 1.88 bits per heavy atom.